The van der Waals surface area contributed by atoms with Crippen molar-refractivity contribution in [2.24, 2.45) is 11.8 Å². The molecule has 1 unspecified atom stereocenters. The highest BCUT2D eigenvalue weighted by molar-refractivity contribution is 5.77. The minimum atomic E-state index is 0.134. The fourth-order valence-corrected chi connectivity index (χ4v) is 2.37. The lowest BCUT2D eigenvalue weighted by atomic mass is 9.89. The first-order chi connectivity index (χ1) is 8.00. The standard InChI is InChI=1S/C14H27NO2/c1-11(2)13-6-5-8-15(9-7-13)14(16)10-17-12(3)4/h11-13H,5-10H2,1-4H3. The van der Waals surface area contributed by atoms with E-state index in [9.17, 15) is 4.79 Å². The summed E-state index contributed by atoms with van der Waals surface area (Å²) in [4.78, 5) is 13.9. The lowest BCUT2D eigenvalue weighted by molar-refractivity contribution is -0.137. The van der Waals surface area contributed by atoms with Crippen LogP contribution in [0.2, 0.25) is 0 Å². The first-order valence-electron chi connectivity index (χ1n) is 6.90. The third kappa shape index (κ3) is 5.07. The van der Waals surface area contributed by atoms with Gasteiger partial charge in [0.2, 0.25) is 5.91 Å². The number of ether oxygens (including phenoxy) is 1. The molecule has 100 valence electrons. The van der Waals surface area contributed by atoms with Gasteiger partial charge in [-0.1, -0.05) is 13.8 Å². The van der Waals surface area contributed by atoms with Crippen LogP contribution in [0.1, 0.15) is 47.0 Å². The van der Waals surface area contributed by atoms with Crippen molar-refractivity contribution >= 4 is 5.91 Å². The first-order valence-corrected chi connectivity index (χ1v) is 6.90. The van der Waals surface area contributed by atoms with Gasteiger partial charge in [-0.2, -0.15) is 0 Å². The molecule has 0 aliphatic carbocycles. The van der Waals surface area contributed by atoms with Crippen molar-refractivity contribution in [2.45, 2.75) is 53.1 Å². The Morgan fingerprint density at radius 2 is 1.94 bits per heavy atom. The van der Waals surface area contributed by atoms with Crippen LogP contribution in [0.15, 0.2) is 0 Å². The molecule has 0 aromatic heterocycles. The van der Waals surface area contributed by atoms with Gasteiger partial charge in [0.1, 0.15) is 6.61 Å². The van der Waals surface area contributed by atoms with E-state index in [1.54, 1.807) is 0 Å². The molecule has 0 aromatic carbocycles. The zero-order valence-corrected chi connectivity index (χ0v) is 11.7. The summed E-state index contributed by atoms with van der Waals surface area (Å²) in [7, 11) is 0. The van der Waals surface area contributed by atoms with Crippen molar-refractivity contribution in [3.05, 3.63) is 0 Å². The molecular formula is C14H27NO2. The first kappa shape index (κ1) is 14.5. The molecule has 0 spiro atoms. The summed E-state index contributed by atoms with van der Waals surface area (Å²) in [5, 5.41) is 0. The van der Waals surface area contributed by atoms with Crippen LogP contribution in [0.25, 0.3) is 0 Å². The van der Waals surface area contributed by atoms with Gasteiger partial charge in [-0.25, -0.2) is 0 Å². The molecule has 0 bridgehead atoms. The Hall–Kier alpha value is -0.570. The smallest absolute Gasteiger partial charge is 0.248 e. The van der Waals surface area contributed by atoms with E-state index in [1.165, 1.54) is 6.42 Å². The molecule has 1 rings (SSSR count). The highest BCUT2D eigenvalue weighted by Crippen LogP contribution is 2.24. The maximum Gasteiger partial charge on any atom is 0.248 e. The second kappa shape index (κ2) is 7.00. The van der Waals surface area contributed by atoms with Gasteiger partial charge in [0.25, 0.3) is 0 Å². The van der Waals surface area contributed by atoms with Crippen molar-refractivity contribution < 1.29 is 9.53 Å². The van der Waals surface area contributed by atoms with Crippen LogP contribution in [-0.4, -0.2) is 36.6 Å². The summed E-state index contributed by atoms with van der Waals surface area (Å²) >= 11 is 0. The minimum Gasteiger partial charge on any atom is -0.369 e. The van der Waals surface area contributed by atoms with Crippen LogP contribution in [0, 0.1) is 11.8 Å². The maximum atomic E-state index is 11.9. The molecule has 1 heterocycles. The van der Waals surface area contributed by atoms with E-state index in [-0.39, 0.29) is 18.6 Å². The Balaban J connectivity index is 2.37. The molecular weight excluding hydrogens is 214 g/mol. The highest BCUT2D eigenvalue weighted by atomic mass is 16.5. The molecule has 0 N–H and O–H groups in total. The molecule has 0 saturated carbocycles. The van der Waals surface area contributed by atoms with Gasteiger partial charge in [-0.15, -0.1) is 0 Å². The summed E-state index contributed by atoms with van der Waals surface area (Å²) in [6.45, 7) is 10.5. The van der Waals surface area contributed by atoms with Gasteiger partial charge >= 0.3 is 0 Å². The van der Waals surface area contributed by atoms with Crippen molar-refractivity contribution in [2.75, 3.05) is 19.7 Å². The fourth-order valence-electron chi connectivity index (χ4n) is 2.37. The van der Waals surface area contributed by atoms with E-state index in [4.69, 9.17) is 4.74 Å². The Morgan fingerprint density at radius 1 is 1.24 bits per heavy atom. The van der Waals surface area contributed by atoms with Crippen molar-refractivity contribution in [1.82, 2.24) is 4.90 Å². The molecule has 1 fully saturated rings. The van der Waals surface area contributed by atoms with Gasteiger partial charge in [0.15, 0.2) is 0 Å². The van der Waals surface area contributed by atoms with E-state index >= 15 is 0 Å². The van der Waals surface area contributed by atoms with E-state index < -0.39 is 0 Å². The quantitative estimate of drug-likeness (QED) is 0.757. The predicted molar refractivity (Wildman–Crippen MR) is 69.8 cm³/mol. The number of likely N-dealkylation sites (tertiary alicyclic amines) is 1. The average molecular weight is 241 g/mol. The highest BCUT2D eigenvalue weighted by Gasteiger charge is 2.22. The van der Waals surface area contributed by atoms with Gasteiger partial charge in [-0.05, 0) is 44.9 Å². The van der Waals surface area contributed by atoms with Crippen LogP contribution in [0.4, 0.5) is 0 Å². The number of hydrogen-bond donors (Lipinski definition) is 0. The second-order valence-electron chi connectivity index (χ2n) is 5.68. The molecule has 1 aliphatic rings. The lowest BCUT2D eigenvalue weighted by Gasteiger charge is -2.22. The minimum absolute atomic E-state index is 0.134. The Labute approximate surface area is 106 Å². The number of carbonyl (C=O) groups excluding carboxylic acids is 1. The topological polar surface area (TPSA) is 29.5 Å². The zero-order valence-electron chi connectivity index (χ0n) is 11.7. The normalized spacial score (nSPS) is 22.0. The molecule has 3 heteroatoms. The third-order valence-corrected chi connectivity index (χ3v) is 3.61. The largest absolute Gasteiger partial charge is 0.369 e. The molecule has 3 nitrogen and oxygen atoms in total. The number of hydrogen-bond acceptors (Lipinski definition) is 2. The summed E-state index contributed by atoms with van der Waals surface area (Å²) in [5.41, 5.74) is 0. The van der Waals surface area contributed by atoms with Crippen LogP contribution in [0.3, 0.4) is 0 Å². The summed E-state index contributed by atoms with van der Waals surface area (Å²) in [5.74, 6) is 1.67. The molecule has 0 aromatic rings. The molecule has 0 radical (unpaired) electrons. The van der Waals surface area contributed by atoms with Crippen molar-refractivity contribution in [3.8, 4) is 0 Å². The van der Waals surface area contributed by atoms with Crippen LogP contribution in [0.5, 0.6) is 0 Å². The van der Waals surface area contributed by atoms with Crippen LogP contribution in [-0.2, 0) is 9.53 Å². The molecule has 1 saturated heterocycles. The van der Waals surface area contributed by atoms with E-state index in [0.717, 1.165) is 37.8 Å². The average Bonchev–Trinajstić information content (AvgIpc) is 2.51. The van der Waals surface area contributed by atoms with Crippen LogP contribution < -0.4 is 0 Å². The second-order valence-corrected chi connectivity index (χ2v) is 5.68. The van der Waals surface area contributed by atoms with Gasteiger partial charge in [-0.3, -0.25) is 4.79 Å². The molecule has 17 heavy (non-hydrogen) atoms. The predicted octanol–water partition coefficient (Wildman–Crippen LogP) is 2.70. The number of nitrogens with zero attached hydrogens (tertiary/aromatic N) is 1. The van der Waals surface area contributed by atoms with Crippen molar-refractivity contribution in [1.29, 1.82) is 0 Å². The number of rotatable bonds is 4. The third-order valence-electron chi connectivity index (χ3n) is 3.61. The molecule has 1 amide bonds. The summed E-state index contributed by atoms with van der Waals surface area (Å²) in [6.07, 6.45) is 3.67. The zero-order chi connectivity index (χ0) is 12.8. The monoisotopic (exact) mass is 241 g/mol. The van der Waals surface area contributed by atoms with E-state index in [2.05, 4.69) is 13.8 Å². The van der Waals surface area contributed by atoms with Gasteiger partial charge in [0.05, 0.1) is 6.10 Å². The Kier molecular flexibility index (Phi) is 5.96. The van der Waals surface area contributed by atoms with E-state index in [1.807, 2.05) is 18.7 Å². The van der Waals surface area contributed by atoms with Crippen molar-refractivity contribution in [3.63, 3.8) is 0 Å². The fraction of sp³-hybridized carbons (Fsp3) is 0.929. The number of amides is 1. The van der Waals surface area contributed by atoms with Crippen LogP contribution >= 0.6 is 0 Å². The lowest BCUT2D eigenvalue weighted by Crippen LogP contribution is -2.35. The van der Waals surface area contributed by atoms with Gasteiger partial charge in [0, 0.05) is 13.1 Å². The molecule has 1 atom stereocenters. The molecule has 1 aliphatic heterocycles. The number of carbonyl (C=O) groups is 1. The Bertz CT molecular complexity index is 238. The summed E-state index contributed by atoms with van der Waals surface area (Å²) < 4.78 is 5.38. The van der Waals surface area contributed by atoms with Gasteiger partial charge < -0.3 is 9.64 Å². The SMILES string of the molecule is CC(C)OCC(=O)N1CCCC(C(C)C)CC1. The maximum absolute atomic E-state index is 11.9. The Morgan fingerprint density at radius 3 is 2.53 bits per heavy atom. The summed E-state index contributed by atoms with van der Waals surface area (Å²) in [6, 6.07) is 0. The van der Waals surface area contributed by atoms with E-state index in [0.29, 0.717) is 0 Å².